The molecule has 0 saturated carbocycles. The van der Waals surface area contributed by atoms with Crippen LogP contribution in [0.2, 0.25) is 0 Å². The second-order valence-electron chi connectivity index (χ2n) is 8.09. The number of nitrogens with zero attached hydrogens (tertiary/aromatic N) is 2. The van der Waals surface area contributed by atoms with E-state index in [1.807, 2.05) is 0 Å². The summed E-state index contributed by atoms with van der Waals surface area (Å²) in [5, 5.41) is 14.4. The van der Waals surface area contributed by atoms with Gasteiger partial charge in [-0.05, 0) is 58.0 Å². The van der Waals surface area contributed by atoms with E-state index in [-0.39, 0.29) is 23.9 Å². The number of aromatic nitrogens is 2. The summed E-state index contributed by atoms with van der Waals surface area (Å²) in [6, 6.07) is 9.25. The van der Waals surface area contributed by atoms with Gasteiger partial charge in [-0.25, -0.2) is 9.02 Å². The van der Waals surface area contributed by atoms with Gasteiger partial charge in [-0.2, -0.15) is 0 Å². The average molecular weight is 466 g/mol. The predicted molar refractivity (Wildman–Crippen MR) is 121 cm³/mol. The summed E-state index contributed by atoms with van der Waals surface area (Å²) >= 11 is 0. The lowest BCUT2D eigenvalue weighted by atomic mass is 9.78. The molecule has 0 saturated heterocycles. The number of allylic oxidation sites excluding steroid dienone is 1. The maximum absolute atomic E-state index is 13.6. The van der Waals surface area contributed by atoms with Crippen LogP contribution in [0.25, 0.3) is 0 Å². The topological polar surface area (TPSA) is 108 Å². The standard InChI is InChI=1S/C24H23FN4O5/c1-31-18-10-14(11-19(32-2)22(18)33-3)21-20-16(26-23-24(27-21)29-34-28-23)8-13(9-17(20)30)12-4-6-15(25)7-5-12/h4-7,10-11,13,21H,8-9H2,1-3H3,(H,26,28)(H,27,29)/t13-,21-/m1/s1. The van der Waals surface area contributed by atoms with E-state index in [4.69, 9.17) is 18.8 Å². The molecular weight excluding hydrogens is 443 g/mol. The monoisotopic (exact) mass is 466 g/mol. The van der Waals surface area contributed by atoms with Crippen molar-refractivity contribution in [3.8, 4) is 17.2 Å². The molecule has 3 aromatic rings. The lowest BCUT2D eigenvalue weighted by Gasteiger charge is -2.30. The maximum Gasteiger partial charge on any atom is 0.219 e. The number of hydrogen-bond acceptors (Lipinski definition) is 9. The number of rotatable bonds is 5. The fraction of sp³-hybridized carbons (Fsp3) is 0.292. The molecule has 2 heterocycles. The number of ether oxygens (including phenoxy) is 3. The third-order valence-electron chi connectivity index (χ3n) is 6.20. The van der Waals surface area contributed by atoms with Gasteiger partial charge in [0.05, 0.1) is 27.4 Å². The van der Waals surface area contributed by atoms with Gasteiger partial charge in [0, 0.05) is 17.7 Å². The number of methoxy groups -OCH3 is 3. The quantitative estimate of drug-likeness (QED) is 0.572. The number of benzene rings is 2. The number of nitrogens with one attached hydrogen (secondary N) is 2. The van der Waals surface area contributed by atoms with Crippen molar-refractivity contribution >= 4 is 17.4 Å². The van der Waals surface area contributed by atoms with Crippen LogP contribution in [0.1, 0.15) is 35.9 Å². The zero-order valence-electron chi connectivity index (χ0n) is 18.8. The summed E-state index contributed by atoms with van der Waals surface area (Å²) in [5.74, 6) is 1.66. The molecule has 2 aliphatic rings. The second-order valence-corrected chi connectivity index (χ2v) is 8.09. The zero-order valence-corrected chi connectivity index (χ0v) is 18.8. The van der Waals surface area contributed by atoms with E-state index in [1.54, 1.807) is 24.3 Å². The fourth-order valence-electron chi connectivity index (χ4n) is 4.59. The molecule has 1 aromatic heterocycles. The fourth-order valence-corrected chi connectivity index (χ4v) is 4.59. The number of ketones is 1. The molecule has 176 valence electrons. The average Bonchev–Trinajstić information content (AvgIpc) is 3.21. The molecule has 9 nitrogen and oxygen atoms in total. The maximum atomic E-state index is 13.6. The highest BCUT2D eigenvalue weighted by atomic mass is 19.1. The molecule has 0 radical (unpaired) electrons. The molecular formula is C24H23FN4O5. The number of carbonyl (C=O) groups excluding carboxylic acids is 1. The van der Waals surface area contributed by atoms with Gasteiger partial charge in [-0.1, -0.05) is 12.1 Å². The minimum atomic E-state index is -0.578. The van der Waals surface area contributed by atoms with Crippen LogP contribution in [0.15, 0.2) is 52.3 Å². The Bertz CT molecular complexity index is 1250. The Morgan fingerprint density at radius 1 is 0.941 bits per heavy atom. The summed E-state index contributed by atoms with van der Waals surface area (Å²) < 4.78 is 34.8. The Labute approximate surface area is 194 Å². The van der Waals surface area contributed by atoms with E-state index in [9.17, 15) is 9.18 Å². The molecule has 0 unspecified atom stereocenters. The van der Waals surface area contributed by atoms with Crippen LogP contribution in [0, 0.1) is 5.82 Å². The first-order valence-corrected chi connectivity index (χ1v) is 10.7. The van der Waals surface area contributed by atoms with Crippen LogP contribution in [0.5, 0.6) is 17.2 Å². The van der Waals surface area contributed by atoms with E-state index in [0.29, 0.717) is 52.1 Å². The molecule has 1 aliphatic carbocycles. The van der Waals surface area contributed by atoms with Gasteiger partial charge in [0.25, 0.3) is 0 Å². The van der Waals surface area contributed by atoms with Gasteiger partial charge in [0.15, 0.2) is 17.3 Å². The molecule has 5 rings (SSSR count). The zero-order chi connectivity index (χ0) is 23.8. The smallest absolute Gasteiger partial charge is 0.219 e. The van der Waals surface area contributed by atoms with Crippen LogP contribution in [-0.2, 0) is 4.79 Å². The second kappa shape index (κ2) is 8.69. The molecule has 0 bridgehead atoms. The molecule has 2 atom stereocenters. The van der Waals surface area contributed by atoms with Crippen molar-refractivity contribution in [1.82, 2.24) is 10.3 Å². The molecule has 1 aliphatic heterocycles. The van der Waals surface area contributed by atoms with Gasteiger partial charge in [-0.15, -0.1) is 0 Å². The highest BCUT2D eigenvalue weighted by Crippen LogP contribution is 2.46. The van der Waals surface area contributed by atoms with Gasteiger partial charge in [-0.3, -0.25) is 4.79 Å². The van der Waals surface area contributed by atoms with E-state index in [1.165, 1.54) is 33.5 Å². The van der Waals surface area contributed by atoms with Gasteiger partial charge < -0.3 is 24.8 Å². The van der Waals surface area contributed by atoms with E-state index in [2.05, 4.69) is 20.9 Å². The highest BCUT2D eigenvalue weighted by Gasteiger charge is 2.38. The van der Waals surface area contributed by atoms with Crippen molar-refractivity contribution in [1.29, 1.82) is 0 Å². The lowest BCUT2D eigenvalue weighted by molar-refractivity contribution is -0.116. The summed E-state index contributed by atoms with van der Waals surface area (Å²) in [6.45, 7) is 0. The van der Waals surface area contributed by atoms with Crippen LogP contribution < -0.4 is 24.8 Å². The van der Waals surface area contributed by atoms with Crippen molar-refractivity contribution < 1.29 is 28.0 Å². The number of Topliss-reactive ketones (excluding diaryl/α,β-unsaturated/α-hetero) is 1. The molecule has 2 N–H and O–H groups in total. The number of fused-ring (bicyclic) bond motifs is 1. The first-order chi connectivity index (χ1) is 16.5. The Kier molecular flexibility index (Phi) is 5.56. The number of hydrogen-bond donors (Lipinski definition) is 2. The first-order valence-electron chi connectivity index (χ1n) is 10.7. The van der Waals surface area contributed by atoms with Crippen LogP contribution >= 0.6 is 0 Å². The van der Waals surface area contributed by atoms with E-state index >= 15 is 0 Å². The number of halogens is 1. The van der Waals surface area contributed by atoms with Crippen LogP contribution in [0.3, 0.4) is 0 Å². The summed E-state index contributed by atoms with van der Waals surface area (Å²) in [7, 11) is 4.60. The van der Waals surface area contributed by atoms with Crippen molar-refractivity contribution in [3.63, 3.8) is 0 Å². The normalized spacial score (nSPS) is 19.4. The van der Waals surface area contributed by atoms with Crippen molar-refractivity contribution in [2.24, 2.45) is 0 Å². The van der Waals surface area contributed by atoms with Crippen LogP contribution in [0.4, 0.5) is 16.0 Å². The van der Waals surface area contributed by atoms with E-state index in [0.717, 1.165) is 5.56 Å². The van der Waals surface area contributed by atoms with Crippen molar-refractivity contribution in [2.45, 2.75) is 24.8 Å². The van der Waals surface area contributed by atoms with Crippen molar-refractivity contribution in [3.05, 3.63) is 64.6 Å². The van der Waals surface area contributed by atoms with Crippen LogP contribution in [-0.4, -0.2) is 37.4 Å². The Morgan fingerprint density at radius 3 is 2.26 bits per heavy atom. The first kappa shape index (κ1) is 21.7. The summed E-state index contributed by atoms with van der Waals surface area (Å²) in [5.41, 5.74) is 2.87. The van der Waals surface area contributed by atoms with Crippen molar-refractivity contribution in [2.75, 3.05) is 32.0 Å². The molecule has 2 aromatic carbocycles. The molecule has 10 heteroatoms. The molecule has 34 heavy (non-hydrogen) atoms. The predicted octanol–water partition coefficient (Wildman–Crippen LogP) is 4.21. The number of carbonyl (C=O) groups is 1. The highest BCUT2D eigenvalue weighted by molar-refractivity contribution is 6.01. The SMILES string of the molecule is COc1cc([C@H]2Nc3nonc3NC3=C2C(=O)C[C@H](c2ccc(F)cc2)C3)cc(OC)c1OC. The molecule has 0 fully saturated rings. The third kappa shape index (κ3) is 3.70. The largest absolute Gasteiger partial charge is 0.493 e. The van der Waals surface area contributed by atoms with Gasteiger partial charge >= 0.3 is 0 Å². The minimum Gasteiger partial charge on any atom is -0.493 e. The van der Waals surface area contributed by atoms with Gasteiger partial charge in [0.1, 0.15) is 5.82 Å². The minimum absolute atomic E-state index is 0.0450. The Hall–Kier alpha value is -4.08. The van der Waals surface area contributed by atoms with Gasteiger partial charge in [0.2, 0.25) is 17.4 Å². The number of anilines is 2. The third-order valence-corrected chi connectivity index (χ3v) is 6.20. The molecule has 0 spiro atoms. The summed E-state index contributed by atoms with van der Waals surface area (Å²) in [4.78, 5) is 13.6. The van der Waals surface area contributed by atoms with E-state index < -0.39 is 6.04 Å². The summed E-state index contributed by atoms with van der Waals surface area (Å²) in [6.07, 6.45) is 0.811. The Balaban J connectivity index is 1.62. The molecule has 0 amide bonds. The lowest BCUT2D eigenvalue weighted by Crippen LogP contribution is -2.27. The Morgan fingerprint density at radius 2 is 1.62 bits per heavy atom.